The van der Waals surface area contributed by atoms with Gasteiger partial charge in [0.1, 0.15) is 0 Å². The molecule has 18 heavy (non-hydrogen) atoms. The third kappa shape index (κ3) is 2.59. The first-order chi connectivity index (χ1) is 8.67. The predicted molar refractivity (Wildman–Crippen MR) is 75.9 cm³/mol. The van der Waals surface area contributed by atoms with E-state index in [1.165, 1.54) is 10.4 Å². The lowest BCUT2D eigenvalue weighted by Crippen LogP contribution is -2.43. The van der Waals surface area contributed by atoms with Crippen molar-refractivity contribution in [3.63, 3.8) is 0 Å². The number of carbonyl (C=O) groups excluding carboxylic acids is 1. The predicted octanol–water partition coefficient (Wildman–Crippen LogP) is 2.54. The maximum Gasteiger partial charge on any atom is 0.236 e. The highest BCUT2D eigenvalue weighted by molar-refractivity contribution is 7.10. The average Bonchev–Trinajstić information content (AvgIpc) is 2.83. The van der Waals surface area contributed by atoms with Gasteiger partial charge in [0.25, 0.3) is 0 Å². The molecule has 1 aliphatic rings. The van der Waals surface area contributed by atoms with Crippen LogP contribution >= 0.6 is 11.3 Å². The van der Waals surface area contributed by atoms with Gasteiger partial charge in [-0.25, -0.2) is 0 Å². The number of rotatable bonds is 4. The Kier molecular flexibility index (Phi) is 4.40. The quantitative estimate of drug-likeness (QED) is 0.836. The number of hydrogen-bond acceptors (Lipinski definition) is 3. The van der Waals surface area contributed by atoms with Crippen LogP contribution in [0.1, 0.15) is 37.3 Å². The summed E-state index contributed by atoms with van der Waals surface area (Å²) < 4.78 is 0. The van der Waals surface area contributed by atoms with Gasteiger partial charge in [0.15, 0.2) is 0 Å². The van der Waals surface area contributed by atoms with Crippen LogP contribution in [-0.2, 0) is 11.2 Å². The summed E-state index contributed by atoms with van der Waals surface area (Å²) in [6, 6.07) is 2.58. The van der Waals surface area contributed by atoms with Crippen LogP contribution in [-0.4, -0.2) is 41.9 Å². The number of likely N-dealkylation sites (N-methyl/N-ethyl adjacent to an activating group) is 1. The topological polar surface area (TPSA) is 23.6 Å². The van der Waals surface area contributed by atoms with Crippen molar-refractivity contribution in [2.75, 3.05) is 26.2 Å². The van der Waals surface area contributed by atoms with Crippen LogP contribution in [0.25, 0.3) is 0 Å². The van der Waals surface area contributed by atoms with Gasteiger partial charge in [-0.2, -0.15) is 0 Å². The summed E-state index contributed by atoms with van der Waals surface area (Å²) in [6.45, 7) is 9.46. The number of thiophene rings is 1. The van der Waals surface area contributed by atoms with Crippen molar-refractivity contribution in [2.24, 2.45) is 0 Å². The maximum absolute atomic E-state index is 12.2. The molecule has 1 aromatic rings. The van der Waals surface area contributed by atoms with E-state index in [1.807, 2.05) is 30.1 Å². The molecule has 1 amide bonds. The van der Waals surface area contributed by atoms with Crippen molar-refractivity contribution in [3.05, 3.63) is 21.9 Å². The smallest absolute Gasteiger partial charge is 0.236 e. The van der Waals surface area contributed by atoms with Gasteiger partial charge in [0.2, 0.25) is 5.91 Å². The van der Waals surface area contributed by atoms with Gasteiger partial charge in [0.05, 0.1) is 6.54 Å². The van der Waals surface area contributed by atoms with Crippen molar-refractivity contribution in [2.45, 2.75) is 33.2 Å². The molecule has 0 N–H and O–H groups in total. The van der Waals surface area contributed by atoms with Crippen molar-refractivity contribution in [1.82, 2.24) is 9.80 Å². The molecule has 3 nitrogen and oxygen atoms in total. The van der Waals surface area contributed by atoms with E-state index < -0.39 is 0 Å². The second kappa shape index (κ2) is 5.85. The highest BCUT2D eigenvalue weighted by atomic mass is 32.1. The number of nitrogens with zero attached hydrogens (tertiary/aromatic N) is 2. The van der Waals surface area contributed by atoms with Crippen molar-refractivity contribution < 1.29 is 4.79 Å². The third-order valence-corrected chi connectivity index (χ3v) is 4.85. The van der Waals surface area contributed by atoms with E-state index in [-0.39, 0.29) is 5.91 Å². The minimum atomic E-state index is 0.255. The summed E-state index contributed by atoms with van der Waals surface area (Å²) >= 11 is 1.84. The Morgan fingerprint density at radius 2 is 2.22 bits per heavy atom. The number of hydrogen-bond donors (Lipinski definition) is 0. The summed E-state index contributed by atoms with van der Waals surface area (Å²) in [5.74, 6) is 0.255. The Morgan fingerprint density at radius 1 is 1.50 bits per heavy atom. The van der Waals surface area contributed by atoms with Crippen LogP contribution in [0, 0.1) is 0 Å². The zero-order valence-corrected chi connectivity index (χ0v) is 12.3. The Hall–Kier alpha value is -0.870. The molecule has 1 atom stereocenters. The summed E-state index contributed by atoms with van der Waals surface area (Å²) in [5.41, 5.74) is 1.42. The minimum absolute atomic E-state index is 0.255. The van der Waals surface area contributed by atoms with E-state index in [2.05, 4.69) is 23.3 Å². The van der Waals surface area contributed by atoms with E-state index in [4.69, 9.17) is 0 Å². The molecule has 2 heterocycles. The first-order valence-electron chi connectivity index (χ1n) is 6.75. The van der Waals surface area contributed by atoms with Gasteiger partial charge in [-0.1, -0.05) is 0 Å². The molecule has 0 spiro atoms. The van der Waals surface area contributed by atoms with Gasteiger partial charge in [0, 0.05) is 30.6 Å². The van der Waals surface area contributed by atoms with E-state index in [9.17, 15) is 4.79 Å². The molecule has 0 fully saturated rings. The fourth-order valence-electron chi connectivity index (χ4n) is 2.63. The molecule has 0 saturated carbocycles. The normalized spacial score (nSPS) is 19.6. The second-order valence-corrected chi connectivity index (χ2v) is 5.76. The zero-order chi connectivity index (χ0) is 13.1. The van der Waals surface area contributed by atoms with Crippen molar-refractivity contribution in [3.8, 4) is 0 Å². The van der Waals surface area contributed by atoms with Crippen LogP contribution in [0.15, 0.2) is 11.4 Å². The Labute approximate surface area is 113 Å². The lowest BCUT2D eigenvalue weighted by molar-refractivity contribution is -0.132. The number of fused-ring (bicyclic) bond motifs is 1. The standard InChI is InChI=1S/C14H22N2OS/c1-4-15(5-2)14(17)10-16-8-6-13-12(11(16)3)7-9-18-13/h7,9,11H,4-6,8,10H2,1-3H3. The van der Waals surface area contributed by atoms with Crippen LogP contribution < -0.4 is 0 Å². The first kappa shape index (κ1) is 13.6. The fourth-order valence-corrected chi connectivity index (χ4v) is 3.59. The highest BCUT2D eigenvalue weighted by Gasteiger charge is 2.26. The van der Waals surface area contributed by atoms with Crippen LogP contribution in [0.2, 0.25) is 0 Å². The van der Waals surface area contributed by atoms with Gasteiger partial charge < -0.3 is 4.90 Å². The molecular weight excluding hydrogens is 244 g/mol. The van der Waals surface area contributed by atoms with Crippen LogP contribution in [0.4, 0.5) is 0 Å². The molecular formula is C14H22N2OS. The summed E-state index contributed by atoms with van der Waals surface area (Å²) in [5, 5.41) is 2.16. The lowest BCUT2D eigenvalue weighted by atomic mass is 10.0. The zero-order valence-electron chi connectivity index (χ0n) is 11.5. The fraction of sp³-hybridized carbons (Fsp3) is 0.643. The van der Waals surface area contributed by atoms with E-state index in [0.717, 1.165) is 26.1 Å². The SMILES string of the molecule is CCN(CC)C(=O)CN1CCc2sccc2C1C. The maximum atomic E-state index is 12.2. The van der Waals surface area contributed by atoms with E-state index in [0.29, 0.717) is 12.6 Å². The molecule has 0 aromatic carbocycles. The Bertz CT molecular complexity index is 412. The third-order valence-electron chi connectivity index (χ3n) is 3.86. The number of amides is 1. The van der Waals surface area contributed by atoms with Crippen molar-refractivity contribution >= 4 is 17.2 Å². The highest BCUT2D eigenvalue weighted by Crippen LogP contribution is 2.32. The minimum Gasteiger partial charge on any atom is -0.342 e. The first-order valence-corrected chi connectivity index (χ1v) is 7.63. The van der Waals surface area contributed by atoms with E-state index >= 15 is 0 Å². The van der Waals surface area contributed by atoms with Crippen LogP contribution in [0.3, 0.4) is 0 Å². The summed E-state index contributed by atoms with van der Waals surface area (Å²) in [4.78, 5) is 17.9. The molecule has 2 rings (SSSR count). The van der Waals surface area contributed by atoms with Gasteiger partial charge in [-0.05, 0) is 44.2 Å². The molecule has 100 valence electrons. The van der Waals surface area contributed by atoms with Gasteiger partial charge >= 0.3 is 0 Å². The van der Waals surface area contributed by atoms with Gasteiger partial charge in [-0.15, -0.1) is 11.3 Å². The van der Waals surface area contributed by atoms with E-state index in [1.54, 1.807) is 0 Å². The average molecular weight is 266 g/mol. The number of carbonyl (C=O) groups is 1. The molecule has 1 aromatic heterocycles. The largest absolute Gasteiger partial charge is 0.342 e. The molecule has 0 aliphatic carbocycles. The molecule has 4 heteroatoms. The second-order valence-electron chi connectivity index (χ2n) is 4.76. The summed E-state index contributed by atoms with van der Waals surface area (Å²) in [7, 11) is 0. The Morgan fingerprint density at radius 3 is 2.89 bits per heavy atom. The summed E-state index contributed by atoms with van der Waals surface area (Å²) in [6.07, 6.45) is 1.09. The molecule has 0 bridgehead atoms. The molecule has 1 unspecified atom stereocenters. The van der Waals surface area contributed by atoms with Crippen LogP contribution in [0.5, 0.6) is 0 Å². The van der Waals surface area contributed by atoms with Crippen molar-refractivity contribution in [1.29, 1.82) is 0 Å². The van der Waals surface area contributed by atoms with Gasteiger partial charge in [-0.3, -0.25) is 9.69 Å². The Balaban J connectivity index is 2.02. The molecule has 1 aliphatic heterocycles. The lowest BCUT2D eigenvalue weighted by Gasteiger charge is -2.34. The molecule has 0 saturated heterocycles. The molecule has 0 radical (unpaired) electrons. The monoisotopic (exact) mass is 266 g/mol.